The highest BCUT2D eigenvalue weighted by Crippen LogP contribution is 2.37. The summed E-state index contributed by atoms with van der Waals surface area (Å²) >= 11 is 5.86. The third-order valence-corrected chi connectivity index (χ3v) is 3.99. The number of alkyl halides is 3. The van der Waals surface area contributed by atoms with Gasteiger partial charge in [-0.1, -0.05) is 23.7 Å². The molecule has 0 saturated carbocycles. The van der Waals surface area contributed by atoms with Gasteiger partial charge in [-0.15, -0.1) is 0 Å². The highest BCUT2D eigenvalue weighted by atomic mass is 35.5. The van der Waals surface area contributed by atoms with Gasteiger partial charge in [0.05, 0.1) is 12.6 Å². The minimum absolute atomic E-state index is 0.149. The highest BCUT2D eigenvalue weighted by molar-refractivity contribution is 6.30. The summed E-state index contributed by atoms with van der Waals surface area (Å²) in [7, 11) is 0. The number of carbonyl (C=O) groups is 1. The number of benzene rings is 1. The summed E-state index contributed by atoms with van der Waals surface area (Å²) < 4.78 is 38.2. The summed E-state index contributed by atoms with van der Waals surface area (Å²) in [4.78, 5) is 13.0. The molecule has 2 N–H and O–H groups in total. The Morgan fingerprint density at radius 2 is 2.18 bits per heavy atom. The average molecular weight is 337 g/mol. The van der Waals surface area contributed by atoms with Gasteiger partial charge in [0.15, 0.2) is 5.60 Å². The van der Waals surface area contributed by atoms with Crippen molar-refractivity contribution in [3.8, 4) is 0 Å². The molecular formula is C14H16ClF3N2O2. The van der Waals surface area contributed by atoms with Crippen LogP contribution in [0.5, 0.6) is 0 Å². The van der Waals surface area contributed by atoms with E-state index in [4.69, 9.17) is 11.6 Å². The lowest BCUT2D eigenvalue weighted by molar-refractivity contribution is -0.253. The number of hydrogen-bond acceptors (Lipinski definition) is 2. The molecule has 2 atom stereocenters. The first-order valence-electron chi connectivity index (χ1n) is 6.72. The van der Waals surface area contributed by atoms with Gasteiger partial charge in [-0.25, -0.2) is 4.79 Å². The van der Waals surface area contributed by atoms with E-state index in [-0.39, 0.29) is 6.54 Å². The van der Waals surface area contributed by atoms with Crippen LogP contribution in [0.3, 0.4) is 0 Å². The van der Waals surface area contributed by atoms with Crippen LogP contribution >= 0.6 is 11.6 Å². The Morgan fingerprint density at radius 1 is 1.50 bits per heavy atom. The molecule has 0 radical (unpaired) electrons. The summed E-state index contributed by atoms with van der Waals surface area (Å²) in [6.07, 6.45) is -5.27. The van der Waals surface area contributed by atoms with E-state index in [1.165, 1.54) is 0 Å². The molecule has 2 rings (SSSR count). The van der Waals surface area contributed by atoms with Gasteiger partial charge >= 0.3 is 12.2 Å². The summed E-state index contributed by atoms with van der Waals surface area (Å²) in [5, 5.41) is 12.7. The molecule has 4 nitrogen and oxygen atoms in total. The fraction of sp³-hybridized carbons (Fsp3) is 0.500. The smallest absolute Gasteiger partial charge is 0.379 e. The van der Waals surface area contributed by atoms with E-state index < -0.39 is 36.8 Å². The van der Waals surface area contributed by atoms with Crippen molar-refractivity contribution < 1.29 is 23.1 Å². The lowest BCUT2D eigenvalue weighted by Crippen LogP contribution is -2.49. The van der Waals surface area contributed by atoms with Crippen molar-refractivity contribution in [3.05, 3.63) is 34.9 Å². The number of β-amino-alcohol motifs (C(OH)–C–C–N with tert-alkyl or cyclic N) is 1. The molecule has 1 aromatic rings. The minimum Gasteiger partial charge on any atom is -0.379 e. The van der Waals surface area contributed by atoms with Crippen LogP contribution in [-0.2, 0) is 0 Å². The number of rotatable bonds is 2. The Balaban J connectivity index is 1.99. The SMILES string of the molecule is C[C@H](NC(=O)N1CC[C@](O)(C(F)(F)F)C1)c1cccc(Cl)c1. The molecule has 0 aliphatic carbocycles. The molecule has 1 aliphatic rings. The van der Waals surface area contributed by atoms with Crippen LogP contribution in [0.15, 0.2) is 24.3 Å². The fourth-order valence-corrected chi connectivity index (χ4v) is 2.53. The van der Waals surface area contributed by atoms with Crippen LogP contribution in [0.2, 0.25) is 5.02 Å². The molecule has 1 heterocycles. The summed E-state index contributed by atoms with van der Waals surface area (Å²) in [5.41, 5.74) is -2.09. The number of amides is 2. The van der Waals surface area contributed by atoms with Gasteiger partial charge < -0.3 is 15.3 Å². The number of urea groups is 1. The molecule has 8 heteroatoms. The second-order valence-corrected chi connectivity index (χ2v) is 5.86. The molecule has 1 aromatic carbocycles. The lowest BCUT2D eigenvalue weighted by atomic mass is 10.0. The van der Waals surface area contributed by atoms with Crippen molar-refractivity contribution >= 4 is 17.6 Å². The second kappa shape index (κ2) is 5.96. The van der Waals surface area contributed by atoms with Gasteiger partial charge in [-0.2, -0.15) is 13.2 Å². The number of aliphatic hydroxyl groups is 1. The van der Waals surface area contributed by atoms with Crippen LogP contribution in [0.1, 0.15) is 24.9 Å². The summed E-state index contributed by atoms with van der Waals surface area (Å²) in [6.45, 7) is 0.796. The number of nitrogens with zero attached hydrogens (tertiary/aromatic N) is 1. The zero-order valence-electron chi connectivity index (χ0n) is 11.8. The van der Waals surface area contributed by atoms with E-state index in [0.717, 1.165) is 10.5 Å². The Hall–Kier alpha value is -1.47. The molecule has 22 heavy (non-hydrogen) atoms. The predicted octanol–water partition coefficient (Wildman–Crippen LogP) is 3.11. The van der Waals surface area contributed by atoms with Crippen molar-refractivity contribution in [3.63, 3.8) is 0 Å². The third-order valence-electron chi connectivity index (χ3n) is 3.75. The highest BCUT2D eigenvalue weighted by Gasteiger charge is 2.57. The maximum atomic E-state index is 12.7. The van der Waals surface area contributed by atoms with E-state index >= 15 is 0 Å². The van der Waals surface area contributed by atoms with Crippen molar-refractivity contribution in [2.45, 2.75) is 31.2 Å². The topological polar surface area (TPSA) is 52.6 Å². The molecule has 0 aromatic heterocycles. The van der Waals surface area contributed by atoms with Gasteiger partial charge in [0, 0.05) is 18.0 Å². The molecule has 1 saturated heterocycles. The van der Waals surface area contributed by atoms with Crippen molar-refractivity contribution in [1.29, 1.82) is 0 Å². The van der Waals surface area contributed by atoms with Gasteiger partial charge in [0.1, 0.15) is 0 Å². The number of hydrogen-bond donors (Lipinski definition) is 2. The standard InChI is InChI=1S/C14H16ClF3N2O2/c1-9(10-3-2-4-11(15)7-10)19-12(21)20-6-5-13(22,8-20)14(16,17)18/h2-4,7,9,22H,5-6,8H2,1H3,(H,19,21)/t9-,13+/m0/s1. The van der Waals surface area contributed by atoms with Crippen LogP contribution in [0, 0.1) is 0 Å². The Labute approximate surface area is 130 Å². The maximum Gasteiger partial charge on any atom is 0.419 e. The summed E-state index contributed by atoms with van der Waals surface area (Å²) in [6, 6.07) is 5.77. The zero-order valence-corrected chi connectivity index (χ0v) is 12.6. The first-order chi connectivity index (χ1) is 10.1. The van der Waals surface area contributed by atoms with Crippen LogP contribution in [0.4, 0.5) is 18.0 Å². The van der Waals surface area contributed by atoms with Gasteiger partial charge in [-0.05, 0) is 24.6 Å². The normalized spacial score (nSPS) is 23.5. The monoisotopic (exact) mass is 336 g/mol. The average Bonchev–Trinajstić information content (AvgIpc) is 2.82. The molecule has 122 valence electrons. The Morgan fingerprint density at radius 3 is 2.73 bits per heavy atom. The first kappa shape index (κ1) is 16.9. The number of carbonyl (C=O) groups excluding carboxylic acids is 1. The summed E-state index contributed by atoms with van der Waals surface area (Å²) in [5.74, 6) is 0. The largest absolute Gasteiger partial charge is 0.419 e. The first-order valence-corrected chi connectivity index (χ1v) is 7.10. The number of halogens is 4. The zero-order chi connectivity index (χ0) is 16.5. The Kier molecular flexibility index (Phi) is 4.58. The van der Waals surface area contributed by atoms with Gasteiger partial charge in [0.2, 0.25) is 0 Å². The predicted molar refractivity (Wildman–Crippen MR) is 75.6 cm³/mol. The Bertz CT molecular complexity index is 567. The van der Waals surface area contributed by atoms with E-state index in [9.17, 15) is 23.1 Å². The van der Waals surface area contributed by atoms with Crippen molar-refractivity contribution in [2.75, 3.05) is 13.1 Å². The van der Waals surface area contributed by atoms with Crippen molar-refractivity contribution in [2.24, 2.45) is 0 Å². The lowest BCUT2D eigenvalue weighted by Gasteiger charge is -2.26. The molecule has 0 spiro atoms. The van der Waals surface area contributed by atoms with E-state index in [0.29, 0.717) is 5.02 Å². The van der Waals surface area contributed by atoms with E-state index in [1.54, 1.807) is 31.2 Å². The van der Waals surface area contributed by atoms with Crippen LogP contribution in [0.25, 0.3) is 0 Å². The molecule has 0 unspecified atom stereocenters. The second-order valence-electron chi connectivity index (χ2n) is 5.43. The van der Waals surface area contributed by atoms with Crippen LogP contribution < -0.4 is 5.32 Å². The maximum absolute atomic E-state index is 12.7. The molecule has 1 aliphatic heterocycles. The number of nitrogens with one attached hydrogen (secondary N) is 1. The molecule has 1 fully saturated rings. The fourth-order valence-electron chi connectivity index (χ4n) is 2.33. The van der Waals surface area contributed by atoms with Crippen molar-refractivity contribution in [1.82, 2.24) is 10.2 Å². The van der Waals surface area contributed by atoms with E-state index in [2.05, 4.69) is 5.32 Å². The third kappa shape index (κ3) is 3.47. The van der Waals surface area contributed by atoms with Gasteiger partial charge in [0.25, 0.3) is 0 Å². The van der Waals surface area contributed by atoms with Crippen LogP contribution in [-0.4, -0.2) is 40.9 Å². The van der Waals surface area contributed by atoms with Gasteiger partial charge in [-0.3, -0.25) is 0 Å². The molecular weight excluding hydrogens is 321 g/mol. The minimum atomic E-state index is -4.75. The molecule has 0 bridgehead atoms. The molecule has 2 amide bonds. The van der Waals surface area contributed by atoms with E-state index in [1.807, 2.05) is 0 Å². The number of likely N-dealkylation sites (tertiary alicyclic amines) is 1. The quantitative estimate of drug-likeness (QED) is 0.872.